The van der Waals surface area contributed by atoms with Gasteiger partial charge in [0, 0.05) is 18.9 Å². The molecule has 0 bridgehead atoms. The van der Waals surface area contributed by atoms with Gasteiger partial charge >= 0.3 is 0 Å². The third-order valence-corrected chi connectivity index (χ3v) is 0. The quantitative estimate of drug-likeness (QED) is 0.370. The first-order chi connectivity index (χ1) is 1.00. The van der Waals surface area contributed by atoms with Crippen molar-refractivity contribution in [1.29, 1.82) is 0 Å². The molecule has 23 valence electrons. The van der Waals surface area contributed by atoms with Gasteiger partial charge in [-0.2, -0.15) is 13.5 Å². The molecular weight excluding hydrogens is 63.0 g/mol. The Hall–Kier alpha value is 0.947. The van der Waals surface area contributed by atoms with Gasteiger partial charge < -0.3 is 0 Å². The molecule has 0 amide bonds. The van der Waals surface area contributed by atoms with Crippen molar-refractivity contribution in [3.05, 3.63) is 0 Å². The van der Waals surface area contributed by atoms with Crippen molar-refractivity contribution in [3.8, 4) is 0 Å². The Morgan fingerprint density at radius 1 is 1.00 bits per heavy atom. The summed E-state index contributed by atoms with van der Waals surface area (Å²) in [5, 5.41) is 0. The summed E-state index contributed by atoms with van der Waals surface area (Å²) < 4.78 is 0. The van der Waals surface area contributed by atoms with E-state index in [4.69, 9.17) is 0 Å². The zero-order valence-electron chi connectivity index (χ0n) is 3.50. The van der Waals surface area contributed by atoms with E-state index in [1.807, 2.05) is 13.8 Å². The Bertz CT molecular complexity index is 6.00. The van der Waals surface area contributed by atoms with Gasteiger partial charge in [0.1, 0.15) is 0 Å². The molecule has 0 aromatic heterocycles. The Labute approximate surface area is 46.6 Å². The average molecular weight is 71.1 g/mol. The number of hydrogen-bond donors (Lipinski definition) is 0. The molecule has 0 rings (SSSR count). The van der Waals surface area contributed by atoms with Crippen LogP contribution in [0.3, 0.4) is 0 Å². The molecule has 0 heterocycles. The van der Waals surface area contributed by atoms with Crippen molar-refractivity contribution in [3.63, 3.8) is 0 Å². The third kappa shape index (κ3) is 12.5. The summed E-state index contributed by atoms with van der Waals surface area (Å²) in [4.78, 5) is 0. The van der Waals surface area contributed by atoms with E-state index in [1.54, 1.807) is 0 Å². The molecule has 2 heteroatoms. The molecule has 0 nitrogen and oxygen atoms in total. The first-order valence-corrected chi connectivity index (χ1v) is 1.00. The van der Waals surface area contributed by atoms with Gasteiger partial charge in [-0.15, -0.1) is 0 Å². The number of hydrogen-bond acceptors (Lipinski definition) is 0. The summed E-state index contributed by atoms with van der Waals surface area (Å²) in [7, 11) is 0. The van der Waals surface area contributed by atoms with Crippen LogP contribution in [0.2, 0.25) is 0 Å². The van der Waals surface area contributed by atoms with E-state index in [9.17, 15) is 0 Å². The van der Waals surface area contributed by atoms with E-state index in [0.29, 0.717) is 0 Å². The van der Waals surface area contributed by atoms with Crippen molar-refractivity contribution >= 4 is 32.4 Å². The minimum Gasteiger partial charge on any atom is -0.197 e. The largest absolute Gasteiger partial charge is 0.197 e. The van der Waals surface area contributed by atoms with E-state index in [2.05, 4.69) is 0 Å². The molecule has 0 saturated carbocycles. The van der Waals surface area contributed by atoms with Gasteiger partial charge in [0.15, 0.2) is 0 Å². The molecule has 0 aliphatic carbocycles. The number of rotatable bonds is 0. The van der Waals surface area contributed by atoms with Crippen LogP contribution in [0, 0.1) is 0 Å². The van der Waals surface area contributed by atoms with E-state index in [1.165, 1.54) is 0 Å². The molecule has 0 aromatic carbocycles. The SMILES string of the molecule is CC.S.[Li]. The summed E-state index contributed by atoms with van der Waals surface area (Å²) in [5.41, 5.74) is 0. The molecule has 0 spiro atoms. The summed E-state index contributed by atoms with van der Waals surface area (Å²) >= 11 is 0. The fourth-order valence-electron chi connectivity index (χ4n) is 0. The molecule has 0 unspecified atom stereocenters. The molecule has 0 aromatic rings. The van der Waals surface area contributed by atoms with Crippen molar-refractivity contribution in [1.82, 2.24) is 0 Å². The fourth-order valence-corrected chi connectivity index (χ4v) is 0. The van der Waals surface area contributed by atoms with Crippen LogP contribution in [0.25, 0.3) is 0 Å². The molecule has 1 radical (unpaired) electrons. The average Bonchev–Trinajstić information content (AvgIpc) is 1.00. The summed E-state index contributed by atoms with van der Waals surface area (Å²) in [5.74, 6) is 0. The van der Waals surface area contributed by atoms with Crippen molar-refractivity contribution in [2.45, 2.75) is 13.8 Å². The second kappa shape index (κ2) is 38.2. The first kappa shape index (κ1) is 20.3. The summed E-state index contributed by atoms with van der Waals surface area (Å²) in [6.45, 7) is 4.00. The maximum absolute atomic E-state index is 2.00. The minimum atomic E-state index is 0. The molecule has 0 aliphatic heterocycles. The summed E-state index contributed by atoms with van der Waals surface area (Å²) in [6, 6.07) is 0. The smallest absolute Gasteiger partial charge is 0 e. The molecule has 0 fully saturated rings. The van der Waals surface area contributed by atoms with Crippen LogP contribution in [0.1, 0.15) is 13.8 Å². The van der Waals surface area contributed by atoms with Crippen LogP contribution < -0.4 is 0 Å². The van der Waals surface area contributed by atoms with Gasteiger partial charge in [0.25, 0.3) is 0 Å². The van der Waals surface area contributed by atoms with Crippen LogP contribution >= 0.6 is 13.5 Å². The van der Waals surface area contributed by atoms with Crippen LogP contribution in [0.4, 0.5) is 0 Å². The Morgan fingerprint density at radius 2 is 1.00 bits per heavy atom. The van der Waals surface area contributed by atoms with Crippen molar-refractivity contribution in [2.24, 2.45) is 0 Å². The zero-order chi connectivity index (χ0) is 2.00. The van der Waals surface area contributed by atoms with E-state index in [0.717, 1.165) is 0 Å². The molecule has 0 aliphatic rings. The van der Waals surface area contributed by atoms with Gasteiger partial charge in [-0.25, -0.2) is 0 Å². The van der Waals surface area contributed by atoms with Crippen LogP contribution in [-0.2, 0) is 0 Å². The van der Waals surface area contributed by atoms with E-state index < -0.39 is 0 Å². The monoisotopic (exact) mass is 71.1 g/mol. The summed E-state index contributed by atoms with van der Waals surface area (Å²) in [6.07, 6.45) is 0. The normalized spacial score (nSPS) is 1.50. The Kier molecular flexibility index (Phi) is 194. The van der Waals surface area contributed by atoms with Gasteiger partial charge in [-0.05, 0) is 0 Å². The van der Waals surface area contributed by atoms with Crippen molar-refractivity contribution in [2.75, 3.05) is 0 Å². The Balaban J connectivity index is -0.00000000500. The van der Waals surface area contributed by atoms with Crippen LogP contribution in [-0.4, -0.2) is 18.9 Å². The second-order valence-corrected chi connectivity index (χ2v) is 0. The van der Waals surface area contributed by atoms with Gasteiger partial charge in [0.2, 0.25) is 0 Å². The molecule has 0 saturated heterocycles. The predicted molar refractivity (Wildman–Crippen MR) is 27.5 cm³/mol. The van der Waals surface area contributed by atoms with Crippen LogP contribution in [0.5, 0.6) is 0 Å². The molecular formula is C2H8LiS. The standard InChI is InChI=1S/C2H6.Li.H2S/c1-2;;/h1-2H3;;1H2. The van der Waals surface area contributed by atoms with E-state index in [-0.39, 0.29) is 32.4 Å². The maximum Gasteiger partial charge on any atom is 0 e. The topological polar surface area (TPSA) is 0 Å². The maximum atomic E-state index is 2.00. The first-order valence-electron chi connectivity index (χ1n) is 1.00. The van der Waals surface area contributed by atoms with Gasteiger partial charge in [0.05, 0.1) is 0 Å². The fraction of sp³-hybridized carbons (Fsp3) is 1.00. The Morgan fingerprint density at radius 3 is 1.00 bits per heavy atom. The van der Waals surface area contributed by atoms with E-state index >= 15 is 0 Å². The minimum absolute atomic E-state index is 0. The van der Waals surface area contributed by atoms with Gasteiger partial charge in [-0.1, -0.05) is 13.8 Å². The van der Waals surface area contributed by atoms with Crippen LogP contribution in [0.15, 0.2) is 0 Å². The molecule has 0 N–H and O–H groups in total. The van der Waals surface area contributed by atoms with Crippen molar-refractivity contribution < 1.29 is 0 Å². The predicted octanol–water partition coefficient (Wildman–Crippen LogP) is 0.758. The third-order valence-electron chi connectivity index (χ3n) is 0. The second-order valence-electron chi connectivity index (χ2n) is 0. The molecule has 4 heavy (non-hydrogen) atoms. The zero-order valence-corrected chi connectivity index (χ0v) is 4.50. The molecule has 0 atom stereocenters. The van der Waals surface area contributed by atoms with Gasteiger partial charge in [-0.3, -0.25) is 0 Å².